The molecule has 1 rings (SSSR count). The summed E-state index contributed by atoms with van der Waals surface area (Å²) in [5.41, 5.74) is 1.41. The van der Waals surface area contributed by atoms with Crippen molar-refractivity contribution >= 4 is 52.2 Å². The lowest BCUT2D eigenvalue weighted by Gasteiger charge is -2.01. The molecule has 0 aromatic heterocycles. The van der Waals surface area contributed by atoms with E-state index >= 15 is 0 Å². The molecule has 0 aliphatic carbocycles. The molecule has 26 heavy (non-hydrogen) atoms. The number of halogens is 6. The number of rotatable bonds is 1. The molecule has 0 aliphatic heterocycles. The molecular weight excluding hydrogens is 416 g/mol. The van der Waals surface area contributed by atoms with Crippen molar-refractivity contribution in [3.05, 3.63) is 35.9 Å². The van der Waals surface area contributed by atoms with Gasteiger partial charge in [0.15, 0.2) is 5.78 Å². The van der Waals surface area contributed by atoms with Gasteiger partial charge in [0.05, 0.1) is 0 Å². The third-order valence-corrected chi connectivity index (χ3v) is 2.85. The maximum atomic E-state index is 10.8. The van der Waals surface area contributed by atoms with E-state index in [1.165, 1.54) is 26.3 Å². The average molecular weight is 438 g/mol. The van der Waals surface area contributed by atoms with Crippen LogP contribution in [0.25, 0.3) is 0 Å². The van der Waals surface area contributed by atoms with E-state index in [4.69, 9.17) is 34.8 Å². The fraction of sp³-hybridized carbons (Fsp3) is 0.471. The van der Waals surface area contributed by atoms with Crippen LogP contribution in [0.2, 0.25) is 0 Å². The number of aryl methyl sites for hydroxylation is 1. The number of hydrogen-bond acceptors (Lipinski definition) is 3. The molecule has 0 unspecified atom stereocenters. The predicted molar refractivity (Wildman–Crippen MR) is 99.9 cm³/mol. The van der Waals surface area contributed by atoms with E-state index in [-0.39, 0.29) is 5.78 Å². The Labute approximate surface area is 166 Å². The number of carbonyl (C=O) groups excluding carboxylic acids is 3. The number of benzene rings is 1. The van der Waals surface area contributed by atoms with Gasteiger partial charge in [-0.15, -0.1) is 0 Å². The molecule has 0 bridgehead atoms. The fourth-order valence-electron chi connectivity index (χ4n) is 0.714. The second-order valence-electron chi connectivity index (χ2n) is 4.86. The molecule has 0 N–H and O–H groups in total. The van der Waals surface area contributed by atoms with Gasteiger partial charge in [0.1, 0.15) is 5.78 Å². The molecule has 0 saturated heterocycles. The largest absolute Gasteiger partial charge is 0.449 e. The van der Waals surface area contributed by atoms with Gasteiger partial charge in [-0.25, -0.2) is 0 Å². The van der Waals surface area contributed by atoms with Gasteiger partial charge in [0, 0.05) is 6.92 Å². The molecule has 150 valence electrons. The van der Waals surface area contributed by atoms with Crippen LogP contribution < -0.4 is 0 Å². The van der Waals surface area contributed by atoms with E-state index in [0.29, 0.717) is 6.92 Å². The van der Waals surface area contributed by atoms with Gasteiger partial charge >= 0.3 is 6.18 Å². The minimum absolute atomic E-state index is 0.167. The van der Waals surface area contributed by atoms with Gasteiger partial charge in [-0.2, -0.15) is 13.2 Å². The zero-order valence-corrected chi connectivity index (χ0v) is 17.4. The van der Waals surface area contributed by atoms with Crippen LogP contribution in [-0.2, 0) is 20.8 Å². The molecule has 9 heteroatoms. The zero-order valence-electron chi connectivity index (χ0n) is 15.1. The topological polar surface area (TPSA) is 51.2 Å². The van der Waals surface area contributed by atoms with Crippen LogP contribution in [-0.4, -0.2) is 27.3 Å². The highest BCUT2D eigenvalue weighted by Crippen LogP contribution is 2.26. The molecule has 0 heterocycles. The first-order valence-electron chi connectivity index (χ1n) is 7.22. The number of alkyl halides is 6. The third kappa shape index (κ3) is 25.1. The SMILES string of the molecule is CC(=O)C(Cl)(Cl)Cl.CC(=O)C(F)(F)F.CC(C)=O.CCc1ccccc1. The van der Waals surface area contributed by atoms with Crippen molar-refractivity contribution in [3.63, 3.8) is 0 Å². The first kappa shape index (κ1) is 29.6. The normalized spacial score (nSPS) is 9.96. The first-order chi connectivity index (χ1) is 11.6. The third-order valence-electron chi connectivity index (χ3n) is 2.05. The van der Waals surface area contributed by atoms with Gasteiger partial charge in [-0.3, -0.25) is 9.59 Å². The van der Waals surface area contributed by atoms with Gasteiger partial charge in [0.25, 0.3) is 0 Å². The van der Waals surface area contributed by atoms with E-state index in [9.17, 15) is 27.6 Å². The highest BCUT2D eigenvalue weighted by molar-refractivity contribution is 6.76. The molecule has 0 fully saturated rings. The molecule has 0 saturated carbocycles. The number of carbonyl (C=O) groups is 3. The maximum absolute atomic E-state index is 10.8. The van der Waals surface area contributed by atoms with Crippen LogP contribution in [0, 0.1) is 0 Å². The minimum Gasteiger partial charge on any atom is -0.300 e. The summed E-state index contributed by atoms with van der Waals surface area (Å²) >= 11 is 15.1. The number of ketones is 3. The van der Waals surface area contributed by atoms with Crippen molar-refractivity contribution in [1.29, 1.82) is 0 Å². The summed E-state index contributed by atoms with van der Waals surface area (Å²) < 4.78 is 30.8. The monoisotopic (exact) mass is 436 g/mol. The van der Waals surface area contributed by atoms with E-state index in [1.807, 2.05) is 6.07 Å². The number of hydrogen-bond donors (Lipinski definition) is 0. The van der Waals surface area contributed by atoms with E-state index in [2.05, 4.69) is 31.2 Å². The molecule has 0 aliphatic rings. The van der Waals surface area contributed by atoms with Crippen LogP contribution in [0.3, 0.4) is 0 Å². The smallest absolute Gasteiger partial charge is 0.300 e. The number of Topliss-reactive ketones (excluding diaryl/α,β-unsaturated/α-hetero) is 3. The summed E-state index contributed by atoms with van der Waals surface area (Å²) in [6.45, 7) is 6.92. The van der Waals surface area contributed by atoms with Gasteiger partial charge in [-0.1, -0.05) is 72.1 Å². The average Bonchev–Trinajstić information content (AvgIpc) is 2.46. The van der Waals surface area contributed by atoms with Crippen LogP contribution >= 0.6 is 34.8 Å². The van der Waals surface area contributed by atoms with E-state index in [0.717, 1.165) is 6.42 Å². The second-order valence-corrected chi connectivity index (χ2v) is 7.14. The molecule has 3 nitrogen and oxygen atoms in total. The van der Waals surface area contributed by atoms with Crippen molar-refractivity contribution in [2.45, 2.75) is 51.0 Å². The Bertz CT molecular complexity index is 512. The Balaban J connectivity index is -0.000000279. The highest BCUT2D eigenvalue weighted by atomic mass is 35.6. The summed E-state index contributed by atoms with van der Waals surface area (Å²) in [6.07, 6.45) is -3.50. The zero-order chi connectivity index (χ0) is 21.6. The minimum atomic E-state index is -4.64. The quantitative estimate of drug-likeness (QED) is 0.512. The van der Waals surface area contributed by atoms with Crippen molar-refractivity contribution in [2.75, 3.05) is 0 Å². The van der Waals surface area contributed by atoms with Crippen molar-refractivity contribution < 1.29 is 27.6 Å². The van der Waals surface area contributed by atoms with Crippen molar-refractivity contribution in [1.82, 2.24) is 0 Å². The van der Waals surface area contributed by atoms with Crippen LogP contribution in [0.4, 0.5) is 13.2 Å². The van der Waals surface area contributed by atoms with E-state index < -0.39 is 21.5 Å². The van der Waals surface area contributed by atoms with Crippen LogP contribution in [0.15, 0.2) is 30.3 Å². The molecule has 0 amide bonds. The van der Waals surface area contributed by atoms with Crippen LogP contribution in [0.5, 0.6) is 0 Å². The van der Waals surface area contributed by atoms with E-state index in [1.54, 1.807) is 0 Å². The van der Waals surface area contributed by atoms with Crippen molar-refractivity contribution in [3.8, 4) is 0 Å². The summed E-state index contributed by atoms with van der Waals surface area (Å²) in [5.74, 6) is -2.05. The summed E-state index contributed by atoms with van der Waals surface area (Å²) in [6, 6.07) is 10.5. The lowest BCUT2D eigenvalue weighted by molar-refractivity contribution is -0.168. The molecular formula is C17H22Cl3F3O3. The Morgan fingerprint density at radius 1 is 0.846 bits per heavy atom. The summed E-state index contributed by atoms with van der Waals surface area (Å²) in [7, 11) is 0. The fourth-order valence-corrected chi connectivity index (χ4v) is 0.714. The summed E-state index contributed by atoms with van der Waals surface area (Å²) in [5, 5.41) is 0. The lowest BCUT2D eigenvalue weighted by Crippen LogP contribution is -2.18. The second kappa shape index (κ2) is 15.0. The maximum Gasteiger partial charge on any atom is 0.449 e. The lowest BCUT2D eigenvalue weighted by atomic mass is 10.2. The Morgan fingerprint density at radius 3 is 1.23 bits per heavy atom. The standard InChI is InChI=1S/C8H10.C3H3Cl3O.C3H3F3O.C3H6O/c1-2-8-6-4-3-5-7-8;2*1-2(7)3(4,5)6;1-3(2)4/h3-7H,2H2,1H3;2*1H3;1-2H3. The summed E-state index contributed by atoms with van der Waals surface area (Å²) in [4.78, 5) is 28.9. The Kier molecular flexibility index (Phi) is 17.1. The Hall–Kier alpha value is -1.11. The molecule has 0 atom stereocenters. The van der Waals surface area contributed by atoms with Gasteiger partial charge in [-0.05, 0) is 32.8 Å². The first-order valence-corrected chi connectivity index (χ1v) is 8.35. The van der Waals surface area contributed by atoms with Gasteiger partial charge in [0.2, 0.25) is 9.58 Å². The molecule has 0 radical (unpaired) electrons. The predicted octanol–water partition coefficient (Wildman–Crippen LogP) is 5.93. The Morgan fingerprint density at radius 2 is 1.12 bits per heavy atom. The highest BCUT2D eigenvalue weighted by Gasteiger charge is 2.33. The van der Waals surface area contributed by atoms with Gasteiger partial charge < -0.3 is 4.79 Å². The van der Waals surface area contributed by atoms with Crippen molar-refractivity contribution in [2.24, 2.45) is 0 Å². The molecule has 0 spiro atoms. The molecule has 1 aromatic carbocycles. The molecule has 1 aromatic rings. The van der Waals surface area contributed by atoms with Crippen LogP contribution in [0.1, 0.15) is 40.2 Å².